The Morgan fingerprint density at radius 1 is 1.12 bits per heavy atom. The molecule has 24 heavy (non-hydrogen) atoms. The van der Waals surface area contributed by atoms with Gasteiger partial charge in [0.2, 0.25) is 11.8 Å². The average molecular weight is 440 g/mol. The molecule has 1 aromatic carbocycles. The van der Waals surface area contributed by atoms with Gasteiger partial charge in [0.25, 0.3) is 0 Å². The first-order valence-electron chi connectivity index (χ1n) is 7.87. The van der Waals surface area contributed by atoms with Crippen molar-refractivity contribution in [3.63, 3.8) is 0 Å². The Hall–Kier alpha value is -1.61. The van der Waals surface area contributed by atoms with Crippen molar-refractivity contribution < 1.29 is 9.47 Å². The normalized spacial score (nSPS) is 15.4. The van der Waals surface area contributed by atoms with E-state index in [1.165, 1.54) is 0 Å². The van der Waals surface area contributed by atoms with Gasteiger partial charge < -0.3 is 19.3 Å². The van der Waals surface area contributed by atoms with Gasteiger partial charge in [-0.15, -0.1) is 0 Å². The molecular weight excluding hydrogens is 419 g/mol. The van der Waals surface area contributed by atoms with E-state index in [-0.39, 0.29) is 0 Å². The lowest BCUT2D eigenvalue weighted by molar-refractivity contribution is 0.288. The standard InChI is InChI=1S/C17H21IN4O2/c1-21-7-9-22(10-8-21)17-19-11-15(18)16(20-17)24-12-13-3-5-14(23-2)6-4-13/h3-6,11H,7-10,12H2,1-2H3. The molecule has 1 aliphatic heterocycles. The monoisotopic (exact) mass is 440 g/mol. The number of nitrogens with zero attached hydrogens (tertiary/aromatic N) is 4. The Balaban J connectivity index is 1.67. The van der Waals surface area contributed by atoms with Crippen molar-refractivity contribution in [2.75, 3.05) is 45.2 Å². The smallest absolute Gasteiger partial charge is 0.232 e. The van der Waals surface area contributed by atoms with Crippen LogP contribution in [0.1, 0.15) is 5.56 Å². The topological polar surface area (TPSA) is 50.7 Å². The van der Waals surface area contributed by atoms with E-state index in [0.717, 1.165) is 47.0 Å². The van der Waals surface area contributed by atoms with Gasteiger partial charge in [-0.25, -0.2) is 4.98 Å². The number of ether oxygens (including phenoxy) is 2. The van der Waals surface area contributed by atoms with Crippen molar-refractivity contribution in [2.45, 2.75) is 6.61 Å². The highest BCUT2D eigenvalue weighted by Crippen LogP contribution is 2.22. The Morgan fingerprint density at radius 2 is 1.83 bits per heavy atom. The summed E-state index contributed by atoms with van der Waals surface area (Å²) in [6.45, 7) is 4.40. The Labute approximate surface area is 155 Å². The second-order valence-electron chi connectivity index (χ2n) is 5.75. The number of rotatable bonds is 5. The number of likely N-dealkylation sites (N-methyl/N-ethyl adjacent to an activating group) is 1. The minimum Gasteiger partial charge on any atom is -0.497 e. The summed E-state index contributed by atoms with van der Waals surface area (Å²) in [7, 11) is 3.80. The second-order valence-corrected chi connectivity index (χ2v) is 6.91. The fourth-order valence-electron chi connectivity index (χ4n) is 2.48. The van der Waals surface area contributed by atoms with E-state index in [1.54, 1.807) is 7.11 Å². The molecular formula is C17H21IN4O2. The summed E-state index contributed by atoms with van der Waals surface area (Å²) < 4.78 is 12.0. The largest absolute Gasteiger partial charge is 0.497 e. The first-order chi connectivity index (χ1) is 11.7. The molecule has 3 rings (SSSR count). The van der Waals surface area contributed by atoms with E-state index in [9.17, 15) is 0 Å². The zero-order valence-corrected chi connectivity index (χ0v) is 16.1. The number of benzene rings is 1. The van der Waals surface area contributed by atoms with Crippen LogP contribution in [0.5, 0.6) is 11.6 Å². The molecule has 128 valence electrons. The molecule has 7 heteroatoms. The Morgan fingerprint density at radius 3 is 2.50 bits per heavy atom. The maximum Gasteiger partial charge on any atom is 0.232 e. The van der Waals surface area contributed by atoms with Gasteiger partial charge in [-0.3, -0.25) is 0 Å². The lowest BCUT2D eigenvalue weighted by atomic mass is 10.2. The van der Waals surface area contributed by atoms with Gasteiger partial charge in [0.1, 0.15) is 12.4 Å². The zero-order valence-electron chi connectivity index (χ0n) is 13.9. The van der Waals surface area contributed by atoms with E-state index in [1.807, 2.05) is 30.5 Å². The van der Waals surface area contributed by atoms with Crippen LogP contribution in [0.2, 0.25) is 0 Å². The quantitative estimate of drug-likeness (QED) is 0.666. The molecule has 0 unspecified atom stereocenters. The minimum absolute atomic E-state index is 0.471. The van der Waals surface area contributed by atoms with E-state index in [0.29, 0.717) is 12.5 Å². The molecule has 1 aliphatic rings. The molecule has 2 aromatic rings. The van der Waals surface area contributed by atoms with Crippen LogP contribution < -0.4 is 14.4 Å². The van der Waals surface area contributed by atoms with Crippen LogP contribution in [0.15, 0.2) is 30.5 Å². The van der Waals surface area contributed by atoms with Crippen LogP contribution in [-0.4, -0.2) is 55.2 Å². The highest BCUT2D eigenvalue weighted by atomic mass is 127. The van der Waals surface area contributed by atoms with E-state index < -0.39 is 0 Å². The fourth-order valence-corrected chi connectivity index (χ4v) is 2.89. The highest BCUT2D eigenvalue weighted by Gasteiger charge is 2.18. The molecule has 0 radical (unpaired) electrons. The summed E-state index contributed by atoms with van der Waals surface area (Å²) in [6.07, 6.45) is 1.82. The number of hydrogen-bond donors (Lipinski definition) is 0. The third-order valence-corrected chi connectivity index (χ3v) is 4.76. The molecule has 1 aromatic heterocycles. The van der Waals surface area contributed by atoms with Crippen LogP contribution in [0.25, 0.3) is 0 Å². The van der Waals surface area contributed by atoms with Crippen molar-refractivity contribution in [1.82, 2.24) is 14.9 Å². The third-order valence-electron chi connectivity index (χ3n) is 4.02. The molecule has 0 atom stereocenters. The van der Waals surface area contributed by atoms with E-state index >= 15 is 0 Å². The number of piperazine rings is 1. The number of aromatic nitrogens is 2. The predicted molar refractivity (Wildman–Crippen MR) is 102 cm³/mol. The van der Waals surface area contributed by atoms with E-state index in [4.69, 9.17) is 9.47 Å². The first kappa shape index (κ1) is 17.2. The Kier molecular flexibility index (Phi) is 5.72. The summed E-state index contributed by atoms with van der Waals surface area (Å²) in [5, 5.41) is 0. The fraction of sp³-hybridized carbons (Fsp3) is 0.412. The van der Waals surface area contributed by atoms with Gasteiger partial charge in [-0.2, -0.15) is 4.98 Å². The Bertz CT molecular complexity index is 673. The van der Waals surface area contributed by atoms with Gasteiger partial charge >= 0.3 is 0 Å². The van der Waals surface area contributed by atoms with Gasteiger partial charge in [0, 0.05) is 32.4 Å². The lowest BCUT2D eigenvalue weighted by Crippen LogP contribution is -2.45. The number of halogens is 1. The summed E-state index contributed by atoms with van der Waals surface area (Å²) in [5.41, 5.74) is 1.08. The zero-order chi connectivity index (χ0) is 16.9. The average Bonchev–Trinajstić information content (AvgIpc) is 2.62. The van der Waals surface area contributed by atoms with Gasteiger partial charge in [0.15, 0.2) is 0 Å². The molecule has 1 saturated heterocycles. The molecule has 0 amide bonds. The van der Waals surface area contributed by atoms with E-state index in [2.05, 4.69) is 49.4 Å². The summed E-state index contributed by atoms with van der Waals surface area (Å²) in [5.74, 6) is 2.22. The maximum atomic E-state index is 5.91. The van der Waals surface area contributed by atoms with Crippen LogP contribution in [0, 0.1) is 3.57 Å². The van der Waals surface area contributed by atoms with Crippen molar-refractivity contribution in [3.8, 4) is 11.6 Å². The molecule has 2 heterocycles. The van der Waals surface area contributed by atoms with Gasteiger partial charge in [0.05, 0.1) is 10.7 Å². The summed E-state index contributed by atoms with van der Waals surface area (Å²) >= 11 is 2.21. The third kappa shape index (κ3) is 4.27. The number of methoxy groups -OCH3 is 1. The molecule has 0 N–H and O–H groups in total. The van der Waals surface area contributed by atoms with Gasteiger partial charge in [-0.05, 0) is 47.3 Å². The lowest BCUT2D eigenvalue weighted by Gasteiger charge is -2.32. The molecule has 6 nitrogen and oxygen atoms in total. The SMILES string of the molecule is COc1ccc(COc2nc(N3CCN(C)CC3)ncc2I)cc1. The van der Waals surface area contributed by atoms with Crippen molar-refractivity contribution in [1.29, 1.82) is 0 Å². The number of hydrogen-bond acceptors (Lipinski definition) is 6. The van der Waals surface area contributed by atoms with Crippen LogP contribution in [0.4, 0.5) is 5.95 Å². The summed E-state index contributed by atoms with van der Waals surface area (Å²) in [4.78, 5) is 13.6. The first-order valence-corrected chi connectivity index (χ1v) is 8.95. The minimum atomic E-state index is 0.471. The number of anilines is 1. The van der Waals surface area contributed by atoms with Gasteiger partial charge in [-0.1, -0.05) is 12.1 Å². The van der Waals surface area contributed by atoms with Crippen LogP contribution >= 0.6 is 22.6 Å². The maximum absolute atomic E-state index is 5.91. The predicted octanol–water partition coefficient (Wildman–Crippen LogP) is 2.42. The van der Waals surface area contributed by atoms with Crippen molar-refractivity contribution >= 4 is 28.5 Å². The molecule has 0 aliphatic carbocycles. The highest BCUT2D eigenvalue weighted by molar-refractivity contribution is 14.1. The molecule has 1 fully saturated rings. The van der Waals surface area contributed by atoms with Crippen LogP contribution in [0.3, 0.4) is 0 Å². The van der Waals surface area contributed by atoms with Crippen LogP contribution in [-0.2, 0) is 6.61 Å². The summed E-state index contributed by atoms with van der Waals surface area (Å²) in [6, 6.07) is 7.85. The molecule has 0 saturated carbocycles. The van der Waals surface area contributed by atoms with Crippen molar-refractivity contribution in [2.24, 2.45) is 0 Å². The second kappa shape index (κ2) is 7.98. The van der Waals surface area contributed by atoms with Crippen molar-refractivity contribution in [3.05, 3.63) is 39.6 Å². The molecule has 0 spiro atoms. The molecule has 0 bridgehead atoms.